The molecule has 0 aromatic carbocycles. The lowest BCUT2D eigenvalue weighted by Gasteiger charge is -2.26. The van der Waals surface area contributed by atoms with Crippen molar-refractivity contribution in [2.45, 2.75) is 296 Å². The number of carboxylic acids is 1. The second kappa shape index (κ2) is 64.0. The highest BCUT2D eigenvalue weighted by Gasteiger charge is 2.22. The molecule has 476 valence electrons. The molecule has 0 fully saturated rings. The van der Waals surface area contributed by atoms with Gasteiger partial charge in [0.25, 0.3) is 0 Å². The number of carbonyl (C=O) groups excluding carboxylic acids is 3. The van der Waals surface area contributed by atoms with Crippen molar-refractivity contribution in [1.82, 2.24) is 0 Å². The third-order valence-corrected chi connectivity index (χ3v) is 14.5. The molecule has 0 amide bonds. The number of hydrogen-bond donors (Lipinski definition) is 0. The van der Waals surface area contributed by atoms with Crippen LogP contribution in [0.5, 0.6) is 0 Å². The molecule has 0 aromatic rings. The number of hydrogen-bond acceptors (Lipinski definition) is 8. The van der Waals surface area contributed by atoms with Crippen molar-refractivity contribution in [2.75, 3.05) is 47.5 Å². The number of nitrogens with zero attached hydrogens (tertiary/aromatic N) is 1. The fourth-order valence-electron chi connectivity index (χ4n) is 9.31. The maximum Gasteiger partial charge on any atom is 0.306 e. The lowest BCUT2D eigenvalue weighted by molar-refractivity contribution is -0.870. The van der Waals surface area contributed by atoms with Crippen molar-refractivity contribution in [3.63, 3.8) is 0 Å². The van der Waals surface area contributed by atoms with E-state index in [0.717, 1.165) is 89.9 Å². The van der Waals surface area contributed by atoms with Gasteiger partial charge in [-0.2, -0.15) is 0 Å². The number of unbranched alkanes of at least 4 members (excludes halogenated alkanes) is 29. The molecule has 0 aliphatic carbocycles. The number of likely N-dealkylation sites (N-methyl/N-ethyl adjacent to an activating group) is 1. The second-order valence-corrected chi connectivity index (χ2v) is 23.7. The highest BCUT2D eigenvalue weighted by molar-refractivity contribution is 5.70. The Labute approximate surface area is 511 Å². The van der Waals surface area contributed by atoms with Crippen LogP contribution in [0, 0.1) is 0 Å². The number of aliphatic carboxylic acids is 1. The average Bonchev–Trinajstić information content (AvgIpc) is 3.46. The monoisotopic (exact) mass is 1160 g/mol. The Morgan fingerprint density at radius 3 is 1.04 bits per heavy atom. The molecule has 2 unspecified atom stereocenters. The van der Waals surface area contributed by atoms with Gasteiger partial charge < -0.3 is 33.3 Å². The molecule has 0 aliphatic rings. The number of allylic oxidation sites excluding steroid dienone is 18. The zero-order valence-corrected chi connectivity index (χ0v) is 54.3. The molecule has 83 heavy (non-hydrogen) atoms. The van der Waals surface area contributed by atoms with Crippen LogP contribution in [0.2, 0.25) is 0 Å². The summed E-state index contributed by atoms with van der Waals surface area (Å²) in [5.74, 6) is -2.33. The molecule has 9 heteroatoms. The SMILES string of the molecule is CC/C=C\C/C=C\C/C=C\C/C=C\C/C=C\C/C=C\C/C=C\CCCCCC(=O)OC(COC(=O)CCCCCCCCCCCCCCCCCCCCCCC/C=C\C/C=C\CCCCCCC)COC(OCC[N+](C)(C)C)C(=O)[O-]. The third kappa shape index (κ3) is 65.3. The van der Waals surface area contributed by atoms with Gasteiger partial charge in [0.1, 0.15) is 13.2 Å². The van der Waals surface area contributed by atoms with Gasteiger partial charge in [-0.15, -0.1) is 0 Å². The summed E-state index contributed by atoms with van der Waals surface area (Å²) < 4.78 is 22.7. The van der Waals surface area contributed by atoms with Gasteiger partial charge in [-0.05, 0) is 103 Å². The Morgan fingerprint density at radius 1 is 0.373 bits per heavy atom. The molecule has 0 aliphatic heterocycles. The van der Waals surface area contributed by atoms with Crippen LogP contribution in [0.15, 0.2) is 109 Å². The summed E-state index contributed by atoms with van der Waals surface area (Å²) in [4.78, 5) is 37.4. The van der Waals surface area contributed by atoms with Crippen molar-refractivity contribution >= 4 is 17.9 Å². The van der Waals surface area contributed by atoms with E-state index in [1.807, 2.05) is 21.1 Å². The van der Waals surface area contributed by atoms with E-state index in [0.29, 0.717) is 17.4 Å². The molecule has 0 spiro atoms. The van der Waals surface area contributed by atoms with Crippen LogP contribution in [0.4, 0.5) is 0 Å². The van der Waals surface area contributed by atoms with E-state index in [1.165, 1.54) is 161 Å². The molecule has 0 saturated heterocycles. The van der Waals surface area contributed by atoms with Crippen molar-refractivity contribution < 1.29 is 42.9 Å². The Kier molecular flexibility index (Phi) is 60.8. The van der Waals surface area contributed by atoms with Crippen LogP contribution in [0.3, 0.4) is 0 Å². The van der Waals surface area contributed by atoms with Crippen molar-refractivity contribution in [3.8, 4) is 0 Å². The number of carbonyl (C=O) groups is 3. The summed E-state index contributed by atoms with van der Waals surface area (Å²) in [5, 5.41) is 11.8. The van der Waals surface area contributed by atoms with Crippen LogP contribution in [0.1, 0.15) is 284 Å². The maximum absolute atomic E-state index is 12.9. The molecule has 0 N–H and O–H groups in total. The first-order valence-electron chi connectivity index (χ1n) is 34.0. The molecule has 0 saturated carbocycles. The van der Waals surface area contributed by atoms with Crippen molar-refractivity contribution in [2.24, 2.45) is 0 Å². The molecule has 0 heterocycles. The van der Waals surface area contributed by atoms with Gasteiger partial charge in [-0.3, -0.25) is 9.59 Å². The number of esters is 2. The van der Waals surface area contributed by atoms with E-state index >= 15 is 0 Å². The first kappa shape index (κ1) is 79.0. The fourth-order valence-corrected chi connectivity index (χ4v) is 9.31. The molecule has 0 aromatic heterocycles. The summed E-state index contributed by atoms with van der Waals surface area (Å²) in [7, 11) is 5.91. The molecular weight excluding hydrogens is 1030 g/mol. The molecule has 2 atom stereocenters. The van der Waals surface area contributed by atoms with Crippen LogP contribution < -0.4 is 5.11 Å². The average molecular weight is 1160 g/mol. The normalized spacial score (nSPS) is 13.4. The minimum Gasteiger partial charge on any atom is -0.545 e. The van der Waals surface area contributed by atoms with Gasteiger partial charge in [-0.25, -0.2) is 0 Å². The molecule has 0 rings (SSSR count). The lowest BCUT2D eigenvalue weighted by Crippen LogP contribution is -2.44. The molecule has 0 bridgehead atoms. The van der Waals surface area contributed by atoms with Gasteiger partial charge in [0, 0.05) is 12.8 Å². The fraction of sp³-hybridized carbons (Fsp3) is 0.716. The quantitative estimate of drug-likeness (QED) is 0.0195. The zero-order chi connectivity index (χ0) is 60.5. The van der Waals surface area contributed by atoms with Gasteiger partial charge in [0.2, 0.25) is 0 Å². The number of carboxylic acid groups (broad SMARTS) is 1. The Balaban J connectivity index is 4.16. The first-order valence-corrected chi connectivity index (χ1v) is 34.0. The lowest BCUT2D eigenvalue weighted by atomic mass is 10.0. The summed E-state index contributed by atoms with van der Waals surface area (Å²) >= 11 is 0. The molecular formula is C74H127NO8. The predicted octanol–water partition coefficient (Wildman–Crippen LogP) is 19.7. The third-order valence-electron chi connectivity index (χ3n) is 14.5. The van der Waals surface area contributed by atoms with Crippen LogP contribution in [-0.2, 0) is 33.3 Å². The summed E-state index contributed by atoms with van der Waals surface area (Å²) in [5.41, 5.74) is 0. The topological polar surface area (TPSA) is 111 Å². The number of rotatable bonds is 62. The Bertz CT molecular complexity index is 1730. The van der Waals surface area contributed by atoms with E-state index in [-0.39, 0.29) is 38.6 Å². The largest absolute Gasteiger partial charge is 0.545 e. The second-order valence-electron chi connectivity index (χ2n) is 23.7. The van der Waals surface area contributed by atoms with E-state index < -0.39 is 24.3 Å². The van der Waals surface area contributed by atoms with E-state index in [2.05, 4.69) is 123 Å². The van der Waals surface area contributed by atoms with E-state index in [9.17, 15) is 19.5 Å². The number of quaternary nitrogens is 1. The van der Waals surface area contributed by atoms with E-state index in [1.54, 1.807) is 0 Å². The summed E-state index contributed by atoms with van der Waals surface area (Å²) in [6.07, 6.45) is 86.0. The predicted molar refractivity (Wildman–Crippen MR) is 352 cm³/mol. The highest BCUT2D eigenvalue weighted by Crippen LogP contribution is 2.17. The van der Waals surface area contributed by atoms with Gasteiger partial charge in [-0.1, -0.05) is 277 Å². The van der Waals surface area contributed by atoms with Crippen molar-refractivity contribution in [1.29, 1.82) is 0 Å². The Morgan fingerprint density at radius 2 is 0.687 bits per heavy atom. The standard InChI is InChI=1S/C74H127NO8/c1-6-8-10-12-14-16-18-20-22-24-26-28-30-32-33-34-35-36-37-38-39-41-42-44-46-48-50-52-54-56-58-60-62-64-71(76)81-68-70(69-82-74(73(78)79)80-67-66-75(3,4)5)83-72(77)65-63-61-59-57-55-53-51-49-47-45-43-40-31-29-27-25-23-21-19-17-15-13-11-9-7-2/h9,11,15,17-18,20-21,23-24,26-27,29,40,43,47,49,53,55,70,74H,6-8,10,12-14,16,19,22,25,28,30-39,41-42,44-46,48,50-52,54,56-69H2,1-5H3/b11-9-,17-15-,20-18-,23-21-,26-24-,29-27-,43-40-,49-47-,55-53-. The van der Waals surface area contributed by atoms with Crippen molar-refractivity contribution in [3.05, 3.63) is 109 Å². The van der Waals surface area contributed by atoms with Gasteiger partial charge >= 0.3 is 11.9 Å². The van der Waals surface area contributed by atoms with E-state index in [4.69, 9.17) is 18.9 Å². The highest BCUT2D eigenvalue weighted by atomic mass is 16.7. The van der Waals surface area contributed by atoms with Crippen LogP contribution in [-0.4, -0.2) is 82.3 Å². The van der Waals surface area contributed by atoms with Crippen LogP contribution >= 0.6 is 0 Å². The minimum atomic E-state index is -1.64. The minimum absolute atomic E-state index is 0.136. The summed E-state index contributed by atoms with van der Waals surface area (Å²) in [6, 6.07) is 0. The number of ether oxygens (including phenoxy) is 4. The maximum atomic E-state index is 12.9. The first-order chi connectivity index (χ1) is 40.6. The molecule has 0 radical (unpaired) electrons. The van der Waals surface area contributed by atoms with Crippen LogP contribution in [0.25, 0.3) is 0 Å². The summed E-state index contributed by atoms with van der Waals surface area (Å²) in [6.45, 7) is 4.60. The smallest absolute Gasteiger partial charge is 0.306 e. The zero-order valence-electron chi connectivity index (χ0n) is 54.3. The molecule has 9 nitrogen and oxygen atoms in total. The van der Waals surface area contributed by atoms with Gasteiger partial charge in [0.05, 0.1) is 40.3 Å². The Hall–Kier alpha value is -4.05. The van der Waals surface area contributed by atoms with Gasteiger partial charge in [0.15, 0.2) is 12.4 Å².